The fraction of sp³-hybridized carbons (Fsp3) is 0.167. The van der Waals surface area contributed by atoms with Gasteiger partial charge in [-0.3, -0.25) is 0 Å². The van der Waals surface area contributed by atoms with Crippen molar-refractivity contribution in [1.82, 2.24) is 0 Å². The third-order valence-electron chi connectivity index (χ3n) is 2.16. The minimum atomic E-state index is -2.16. The third kappa shape index (κ3) is 1.43. The summed E-state index contributed by atoms with van der Waals surface area (Å²) in [5.74, 6) is 0. The second-order valence-corrected chi connectivity index (χ2v) is 3.05. The molecule has 2 aromatic rings. The molecule has 0 fully saturated rings. The first kappa shape index (κ1) is 5.40. The molecule has 0 saturated carbocycles. The van der Waals surface area contributed by atoms with E-state index in [2.05, 4.69) is 0 Å². The Labute approximate surface area is 82.4 Å². The Balaban J connectivity index is 2.61. The molecule has 2 N–H and O–H groups in total. The van der Waals surface area contributed by atoms with Gasteiger partial charge in [0, 0.05) is 10.2 Å². The lowest BCUT2D eigenvalue weighted by atomic mass is 10.0. The summed E-state index contributed by atoms with van der Waals surface area (Å²) in [4.78, 5) is 0. The lowest BCUT2D eigenvalue weighted by Crippen LogP contribution is -2.05. The third-order valence-corrected chi connectivity index (χ3v) is 2.16. The Kier molecular flexibility index (Phi) is 1.33. The molecule has 0 aliphatic carbocycles. The van der Waals surface area contributed by atoms with Gasteiger partial charge in [-0.15, -0.1) is 0 Å². The van der Waals surface area contributed by atoms with Crippen molar-refractivity contribution in [3.8, 4) is 0 Å². The standard InChI is InChI=1S/C12H13N/c1-9(13)11-8-4-6-10-5-2-3-7-12(10)11/h2-9H,13H2,1H3/t9-/m1/s1/i1D3. The number of nitrogens with two attached hydrogens (primary N) is 1. The first-order chi connectivity index (χ1) is 7.50. The molecule has 0 saturated heterocycles. The maximum Gasteiger partial charge on any atom is 0.0272 e. The maximum absolute atomic E-state index is 7.36. The zero-order valence-electron chi connectivity index (χ0n) is 10.2. The zero-order chi connectivity index (χ0) is 11.8. The van der Waals surface area contributed by atoms with Crippen molar-refractivity contribution in [2.75, 3.05) is 0 Å². The molecule has 0 unspecified atom stereocenters. The van der Waals surface area contributed by atoms with Crippen molar-refractivity contribution >= 4 is 10.8 Å². The van der Waals surface area contributed by atoms with Crippen LogP contribution in [-0.4, -0.2) is 0 Å². The molecule has 66 valence electrons. The fourth-order valence-electron chi connectivity index (χ4n) is 1.52. The fourth-order valence-corrected chi connectivity index (χ4v) is 1.52. The van der Waals surface area contributed by atoms with E-state index in [-0.39, 0.29) is 0 Å². The van der Waals surface area contributed by atoms with E-state index in [1.807, 2.05) is 36.4 Å². The van der Waals surface area contributed by atoms with E-state index in [0.29, 0.717) is 5.56 Å². The molecule has 0 aromatic heterocycles. The highest BCUT2D eigenvalue weighted by Crippen LogP contribution is 2.22. The molecule has 0 aliphatic rings. The molecule has 0 aliphatic heterocycles. The molecular weight excluding hydrogens is 158 g/mol. The van der Waals surface area contributed by atoms with E-state index in [0.717, 1.165) is 10.8 Å². The van der Waals surface area contributed by atoms with E-state index >= 15 is 0 Å². The normalized spacial score (nSPS) is 17.5. The highest BCUT2D eigenvalue weighted by molar-refractivity contribution is 5.85. The molecular formula is C12H13N. The Morgan fingerprint density at radius 2 is 1.92 bits per heavy atom. The first-order valence-electron chi connectivity index (χ1n) is 5.73. The number of hydrogen-bond acceptors (Lipinski definition) is 1. The topological polar surface area (TPSA) is 26.0 Å². The minimum absolute atomic E-state index is 0.679. The van der Waals surface area contributed by atoms with Crippen LogP contribution in [0.1, 0.15) is 22.6 Å². The van der Waals surface area contributed by atoms with Crippen molar-refractivity contribution in [2.24, 2.45) is 5.73 Å². The van der Waals surface area contributed by atoms with E-state index < -0.39 is 12.9 Å². The van der Waals surface area contributed by atoms with Crippen LogP contribution in [0.3, 0.4) is 0 Å². The molecule has 1 nitrogen and oxygen atoms in total. The van der Waals surface area contributed by atoms with Gasteiger partial charge < -0.3 is 5.73 Å². The molecule has 2 aromatic carbocycles. The second kappa shape index (κ2) is 3.19. The zero-order valence-corrected chi connectivity index (χ0v) is 7.20. The predicted octanol–water partition coefficient (Wildman–Crippen LogP) is 2.86. The van der Waals surface area contributed by atoms with Crippen LogP contribution in [-0.2, 0) is 0 Å². The summed E-state index contributed by atoms with van der Waals surface area (Å²) >= 11 is 0. The summed E-state index contributed by atoms with van der Waals surface area (Å²) in [5, 5.41) is 1.92. The highest BCUT2D eigenvalue weighted by atomic mass is 14.6. The van der Waals surface area contributed by atoms with Gasteiger partial charge >= 0.3 is 0 Å². The monoisotopic (exact) mass is 174 g/mol. The molecule has 1 atom stereocenters. The van der Waals surface area contributed by atoms with Gasteiger partial charge in [-0.1, -0.05) is 42.5 Å². The van der Waals surface area contributed by atoms with Crippen LogP contribution in [0, 0.1) is 0 Å². The quantitative estimate of drug-likeness (QED) is 0.706. The van der Waals surface area contributed by atoms with E-state index in [9.17, 15) is 0 Å². The van der Waals surface area contributed by atoms with Gasteiger partial charge in [0.1, 0.15) is 0 Å². The minimum Gasteiger partial charge on any atom is -0.324 e. The predicted molar refractivity (Wildman–Crippen MR) is 56.6 cm³/mol. The Hall–Kier alpha value is -1.34. The van der Waals surface area contributed by atoms with E-state index in [1.54, 1.807) is 6.07 Å². The molecule has 2 rings (SSSR count). The number of rotatable bonds is 1. The smallest absolute Gasteiger partial charge is 0.0272 e. The van der Waals surface area contributed by atoms with Crippen LogP contribution in [0.5, 0.6) is 0 Å². The summed E-state index contributed by atoms with van der Waals surface area (Å²) in [6.45, 7) is -2.16. The van der Waals surface area contributed by atoms with Gasteiger partial charge in [-0.2, -0.15) is 0 Å². The van der Waals surface area contributed by atoms with Crippen molar-refractivity contribution < 1.29 is 4.11 Å². The largest absolute Gasteiger partial charge is 0.324 e. The van der Waals surface area contributed by atoms with Crippen molar-refractivity contribution in [1.29, 1.82) is 0 Å². The van der Waals surface area contributed by atoms with Gasteiger partial charge in [0.05, 0.1) is 0 Å². The van der Waals surface area contributed by atoms with Crippen LogP contribution in [0.4, 0.5) is 0 Å². The molecule has 0 amide bonds. The second-order valence-electron chi connectivity index (χ2n) is 3.05. The lowest BCUT2D eigenvalue weighted by molar-refractivity contribution is 0.827. The summed E-state index contributed by atoms with van der Waals surface area (Å²) < 4.78 is 22.1. The van der Waals surface area contributed by atoms with Gasteiger partial charge in [0.2, 0.25) is 0 Å². The first-order valence-corrected chi connectivity index (χ1v) is 4.23. The number of benzene rings is 2. The maximum atomic E-state index is 7.36. The average molecular weight is 174 g/mol. The van der Waals surface area contributed by atoms with Crippen LogP contribution >= 0.6 is 0 Å². The SMILES string of the molecule is [2H]C([2H])([2H])[C@@H](N)c1cccc2ccccc12. The summed E-state index contributed by atoms with van der Waals surface area (Å²) in [6.07, 6.45) is 0. The highest BCUT2D eigenvalue weighted by Gasteiger charge is 2.02. The molecule has 0 heterocycles. The molecule has 1 heteroatoms. The number of fused-ring (bicyclic) bond motifs is 1. The number of hydrogen-bond donors (Lipinski definition) is 1. The Morgan fingerprint density at radius 3 is 2.77 bits per heavy atom. The van der Waals surface area contributed by atoms with Crippen molar-refractivity contribution in [2.45, 2.75) is 12.9 Å². The van der Waals surface area contributed by atoms with Crippen molar-refractivity contribution in [3.63, 3.8) is 0 Å². The lowest BCUT2D eigenvalue weighted by Gasteiger charge is -2.09. The van der Waals surface area contributed by atoms with E-state index in [1.165, 1.54) is 0 Å². The summed E-state index contributed by atoms with van der Waals surface area (Å²) in [6, 6.07) is 12.3. The van der Waals surface area contributed by atoms with Gasteiger partial charge in [0.15, 0.2) is 0 Å². The average Bonchev–Trinajstić information content (AvgIpc) is 2.26. The molecule has 0 bridgehead atoms. The molecule has 0 radical (unpaired) electrons. The van der Waals surface area contributed by atoms with E-state index in [4.69, 9.17) is 9.85 Å². The summed E-state index contributed by atoms with van der Waals surface area (Å²) in [5.41, 5.74) is 6.45. The van der Waals surface area contributed by atoms with Gasteiger partial charge in [0.25, 0.3) is 0 Å². The van der Waals surface area contributed by atoms with Gasteiger partial charge in [-0.05, 0) is 23.2 Å². The molecule has 13 heavy (non-hydrogen) atoms. The van der Waals surface area contributed by atoms with Crippen LogP contribution < -0.4 is 5.73 Å². The van der Waals surface area contributed by atoms with Crippen LogP contribution in [0.25, 0.3) is 10.8 Å². The Bertz CT molecular complexity index is 500. The Morgan fingerprint density at radius 1 is 1.15 bits per heavy atom. The van der Waals surface area contributed by atoms with Crippen LogP contribution in [0.2, 0.25) is 0 Å². The van der Waals surface area contributed by atoms with Crippen LogP contribution in [0.15, 0.2) is 42.5 Å². The van der Waals surface area contributed by atoms with Crippen molar-refractivity contribution in [3.05, 3.63) is 48.0 Å². The van der Waals surface area contributed by atoms with Gasteiger partial charge in [-0.25, -0.2) is 0 Å². The molecule has 0 spiro atoms. The summed E-state index contributed by atoms with van der Waals surface area (Å²) in [7, 11) is 0.